The van der Waals surface area contributed by atoms with Crippen molar-refractivity contribution in [3.8, 4) is 0 Å². The molecular weight excluding hydrogens is 144 g/mol. The van der Waals surface area contributed by atoms with Crippen LogP contribution in [0.1, 0.15) is 11.5 Å². The minimum absolute atomic E-state index is 0.0835. The molecule has 0 atom stereocenters. The molecule has 1 aromatic rings. The normalized spacial score (nSPS) is 10.9. The maximum Gasteiger partial charge on any atom is 0.129 e. The van der Waals surface area contributed by atoms with Crippen LogP contribution in [0.4, 0.5) is 0 Å². The van der Waals surface area contributed by atoms with Crippen molar-refractivity contribution in [2.75, 3.05) is 0 Å². The lowest BCUT2D eigenvalue weighted by molar-refractivity contribution is 0.243. The Balaban J connectivity index is 2.58. The van der Waals surface area contributed by atoms with Gasteiger partial charge in [0.2, 0.25) is 0 Å². The third-order valence-electron chi connectivity index (χ3n) is 1.31. The molecule has 0 aliphatic rings. The Bertz CT molecular complexity index is 220. The van der Waals surface area contributed by atoms with Gasteiger partial charge in [-0.1, -0.05) is 0 Å². The molecule has 0 saturated heterocycles. The Morgan fingerprint density at radius 2 is 2.00 bits per heavy atom. The van der Waals surface area contributed by atoms with Gasteiger partial charge < -0.3 is 21.0 Å². The second-order valence-corrected chi connectivity index (χ2v) is 2.39. The smallest absolute Gasteiger partial charge is 0.129 e. The minimum atomic E-state index is -0.396. The highest BCUT2D eigenvalue weighted by Gasteiger charge is 2.02. The van der Waals surface area contributed by atoms with Crippen LogP contribution in [-0.2, 0) is 13.0 Å². The number of hydrogen-bond donors (Lipinski definition) is 3. The van der Waals surface area contributed by atoms with Gasteiger partial charge in [0.1, 0.15) is 18.1 Å². The maximum atomic E-state index is 8.63. The Labute approximate surface area is 64.8 Å². The Kier molecular flexibility index (Phi) is 2.64. The quantitative estimate of drug-likeness (QED) is 0.518. The van der Waals surface area contributed by atoms with Crippen LogP contribution in [0.25, 0.3) is 0 Å². The van der Waals surface area contributed by atoms with Crippen LogP contribution in [0.3, 0.4) is 0 Å². The fourth-order valence-corrected chi connectivity index (χ4v) is 0.849. The van der Waals surface area contributed by atoms with Gasteiger partial charge in [0.25, 0.3) is 0 Å². The summed E-state index contributed by atoms with van der Waals surface area (Å²) in [6, 6.07) is 3.47. The van der Waals surface area contributed by atoms with E-state index in [4.69, 9.17) is 21.0 Å². The Morgan fingerprint density at radius 1 is 1.36 bits per heavy atom. The summed E-state index contributed by atoms with van der Waals surface area (Å²) in [5, 5.41) is 8.63. The van der Waals surface area contributed by atoms with Crippen LogP contribution in [0.2, 0.25) is 0 Å². The topological polar surface area (TPSA) is 85.4 Å². The molecule has 1 rings (SSSR count). The number of rotatable bonds is 3. The maximum absolute atomic E-state index is 8.63. The van der Waals surface area contributed by atoms with Crippen LogP contribution in [0, 0.1) is 0 Å². The van der Waals surface area contributed by atoms with Crippen LogP contribution in [0.5, 0.6) is 0 Å². The van der Waals surface area contributed by atoms with Crippen LogP contribution < -0.4 is 11.5 Å². The number of nitrogens with two attached hydrogens (primary N) is 2. The third-order valence-corrected chi connectivity index (χ3v) is 1.31. The minimum Gasteiger partial charge on any atom is -0.464 e. The SMILES string of the molecule is NC(N)Cc1ccc(CO)o1. The highest BCUT2D eigenvalue weighted by atomic mass is 16.4. The molecule has 5 N–H and O–H groups in total. The lowest BCUT2D eigenvalue weighted by Crippen LogP contribution is -2.32. The number of hydrogen-bond acceptors (Lipinski definition) is 4. The van der Waals surface area contributed by atoms with Gasteiger partial charge in [-0.3, -0.25) is 0 Å². The second-order valence-electron chi connectivity index (χ2n) is 2.39. The highest BCUT2D eigenvalue weighted by molar-refractivity contribution is 5.07. The first-order valence-corrected chi connectivity index (χ1v) is 3.42. The molecule has 0 spiro atoms. The molecule has 0 fully saturated rings. The zero-order chi connectivity index (χ0) is 8.27. The molecule has 0 aliphatic heterocycles. The van der Waals surface area contributed by atoms with E-state index in [-0.39, 0.29) is 6.61 Å². The number of aliphatic hydroxyl groups is 1. The molecule has 1 heterocycles. The van der Waals surface area contributed by atoms with E-state index in [2.05, 4.69) is 0 Å². The van der Waals surface area contributed by atoms with E-state index in [9.17, 15) is 0 Å². The molecular formula is C7H12N2O2. The average Bonchev–Trinajstić information content (AvgIpc) is 2.34. The summed E-state index contributed by atoms with van der Waals surface area (Å²) in [5.74, 6) is 1.25. The lowest BCUT2D eigenvalue weighted by atomic mass is 10.3. The summed E-state index contributed by atoms with van der Waals surface area (Å²) in [4.78, 5) is 0. The fourth-order valence-electron chi connectivity index (χ4n) is 0.849. The standard InChI is InChI=1S/C7H12N2O2/c8-7(9)3-5-1-2-6(4-10)11-5/h1-2,7,10H,3-4,8-9H2. The van der Waals surface area contributed by atoms with E-state index >= 15 is 0 Å². The van der Waals surface area contributed by atoms with Gasteiger partial charge in [-0.05, 0) is 12.1 Å². The van der Waals surface area contributed by atoms with Crippen LogP contribution in [0.15, 0.2) is 16.5 Å². The van der Waals surface area contributed by atoms with Gasteiger partial charge in [-0.25, -0.2) is 0 Å². The first-order chi connectivity index (χ1) is 5.22. The first kappa shape index (κ1) is 8.26. The van der Waals surface area contributed by atoms with Crippen LogP contribution in [-0.4, -0.2) is 11.3 Å². The monoisotopic (exact) mass is 156 g/mol. The van der Waals surface area contributed by atoms with Crippen LogP contribution >= 0.6 is 0 Å². The molecule has 0 saturated carbocycles. The van der Waals surface area contributed by atoms with Crippen molar-refractivity contribution in [2.24, 2.45) is 11.5 Å². The van der Waals surface area contributed by atoms with Crippen molar-refractivity contribution in [2.45, 2.75) is 19.2 Å². The Hall–Kier alpha value is -0.840. The third kappa shape index (κ3) is 2.34. The molecule has 0 aromatic carbocycles. The number of aliphatic hydroxyl groups excluding tert-OH is 1. The molecule has 4 nitrogen and oxygen atoms in total. The largest absolute Gasteiger partial charge is 0.464 e. The van der Waals surface area contributed by atoms with Gasteiger partial charge >= 0.3 is 0 Å². The molecule has 1 aromatic heterocycles. The van der Waals surface area contributed by atoms with E-state index < -0.39 is 6.17 Å². The summed E-state index contributed by atoms with van der Waals surface area (Å²) in [7, 11) is 0. The van der Waals surface area contributed by atoms with E-state index in [1.807, 2.05) is 0 Å². The van der Waals surface area contributed by atoms with Gasteiger partial charge in [0, 0.05) is 6.42 Å². The first-order valence-electron chi connectivity index (χ1n) is 3.42. The van der Waals surface area contributed by atoms with Gasteiger partial charge in [-0.15, -0.1) is 0 Å². The summed E-state index contributed by atoms with van der Waals surface area (Å²) in [6.45, 7) is -0.0835. The zero-order valence-electron chi connectivity index (χ0n) is 6.16. The van der Waals surface area contributed by atoms with Crippen molar-refractivity contribution in [3.63, 3.8) is 0 Å². The van der Waals surface area contributed by atoms with E-state index in [1.54, 1.807) is 12.1 Å². The molecule has 0 bridgehead atoms. The predicted molar refractivity (Wildman–Crippen MR) is 40.5 cm³/mol. The zero-order valence-corrected chi connectivity index (χ0v) is 6.16. The molecule has 0 aliphatic carbocycles. The fraction of sp³-hybridized carbons (Fsp3) is 0.429. The number of furan rings is 1. The predicted octanol–water partition coefficient (Wildman–Crippen LogP) is -0.442. The molecule has 0 radical (unpaired) electrons. The van der Waals surface area contributed by atoms with E-state index in [1.165, 1.54) is 0 Å². The lowest BCUT2D eigenvalue weighted by Gasteiger charge is -1.99. The average molecular weight is 156 g/mol. The molecule has 0 amide bonds. The van der Waals surface area contributed by atoms with E-state index in [0.717, 1.165) is 0 Å². The van der Waals surface area contributed by atoms with Gasteiger partial charge in [-0.2, -0.15) is 0 Å². The van der Waals surface area contributed by atoms with Crippen molar-refractivity contribution in [1.29, 1.82) is 0 Å². The highest BCUT2D eigenvalue weighted by Crippen LogP contribution is 2.07. The van der Waals surface area contributed by atoms with Crippen molar-refractivity contribution >= 4 is 0 Å². The van der Waals surface area contributed by atoms with Crippen molar-refractivity contribution < 1.29 is 9.52 Å². The Morgan fingerprint density at radius 3 is 2.45 bits per heavy atom. The molecule has 4 heteroatoms. The van der Waals surface area contributed by atoms with Crippen molar-refractivity contribution in [1.82, 2.24) is 0 Å². The molecule has 0 unspecified atom stereocenters. The summed E-state index contributed by atoms with van der Waals surface area (Å²) >= 11 is 0. The summed E-state index contributed by atoms with van der Waals surface area (Å²) in [6.07, 6.45) is 0.104. The second kappa shape index (κ2) is 3.52. The molecule has 11 heavy (non-hydrogen) atoms. The van der Waals surface area contributed by atoms with Crippen molar-refractivity contribution in [3.05, 3.63) is 23.7 Å². The van der Waals surface area contributed by atoms with Gasteiger partial charge in [0.15, 0.2) is 0 Å². The van der Waals surface area contributed by atoms with E-state index in [0.29, 0.717) is 17.9 Å². The summed E-state index contributed by atoms with van der Waals surface area (Å²) in [5.41, 5.74) is 10.7. The summed E-state index contributed by atoms with van der Waals surface area (Å²) < 4.78 is 5.13. The molecule has 62 valence electrons. The van der Waals surface area contributed by atoms with Gasteiger partial charge in [0.05, 0.1) is 6.17 Å².